The van der Waals surface area contributed by atoms with E-state index in [0.29, 0.717) is 18.0 Å². The van der Waals surface area contributed by atoms with Gasteiger partial charge in [0, 0.05) is 18.7 Å². The van der Waals surface area contributed by atoms with Gasteiger partial charge in [-0.15, -0.1) is 0 Å². The zero-order chi connectivity index (χ0) is 22.4. The van der Waals surface area contributed by atoms with Crippen LogP contribution in [0.3, 0.4) is 0 Å². The van der Waals surface area contributed by atoms with Gasteiger partial charge in [0.25, 0.3) is 0 Å². The Morgan fingerprint density at radius 1 is 1.19 bits per heavy atom. The number of benzene rings is 2. The molecule has 3 N–H and O–H groups in total. The number of nitrogens with zero attached hydrogens (tertiary/aromatic N) is 1. The summed E-state index contributed by atoms with van der Waals surface area (Å²) in [6, 6.07) is 17.0. The van der Waals surface area contributed by atoms with E-state index in [-0.39, 0.29) is 17.1 Å². The molecule has 0 bridgehead atoms. The third-order valence-corrected chi connectivity index (χ3v) is 6.30. The lowest BCUT2D eigenvalue weighted by molar-refractivity contribution is -0.137. The fraction of sp³-hybridized carbons (Fsp3) is 0.360. The molecule has 2 aromatic carbocycles. The Kier molecular flexibility index (Phi) is 7.13. The number of aliphatic carboxylic acids is 1. The highest BCUT2D eigenvalue weighted by Crippen LogP contribution is 2.40. The molecule has 1 saturated heterocycles. The standard InChI is InChI=1S/C25H30N2O4/c1-18-16-27(12-11-25(18,2)21-9-6-10-22(28)14-21)17-20(24(31)26-15-23(29)30)13-19-7-4-3-5-8-19/h3-10,13-14,18,28H,11-12,15-17H2,1-2H3,(H,26,31)(H,29,30)/t18-,25+/m0/s1. The van der Waals surface area contributed by atoms with Crippen LogP contribution in [0, 0.1) is 5.92 Å². The van der Waals surface area contributed by atoms with E-state index in [0.717, 1.165) is 30.6 Å². The second-order valence-corrected chi connectivity index (χ2v) is 8.51. The molecule has 1 fully saturated rings. The summed E-state index contributed by atoms with van der Waals surface area (Å²) in [5, 5.41) is 21.3. The molecule has 0 spiro atoms. The maximum Gasteiger partial charge on any atom is 0.322 e. The summed E-state index contributed by atoms with van der Waals surface area (Å²) in [6.07, 6.45) is 2.72. The van der Waals surface area contributed by atoms with E-state index < -0.39 is 12.5 Å². The average molecular weight is 423 g/mol. The van der Waals surface area contributed by atoms with Crippen molar-refractivity contribution < 1.29 is 19.8 Å². The van der Waals surface area contributed by atoms with Gasteiger partial charge < -0.3 is 15.5 Å². The Morgan fingerprint density at radius 2 is 1.94 bits per heavy atom. The van der Waals surface area contributed by atoms with Crippen LogP contribution < -0.4 is 5.32 Å². The molecule has 0 saturated carbocycles. The van der Waals surface area contributed by atoms with Crippen LogP contribution in [0.2, 0.25) is 0 Å². The van der Waals surface area contributed by atoms with Crippen molar-refractivity contribution in [1.82, 2.24) is 10.2 Å². The summed E-state index contributed by atoms with van der Waals surface area (Å²) >= 11 is 0. The first-order valence-corrected chi connectivity index (χ1v) is 10.6. The van der Waals surface area contributed by atoms with Gasteiger partial charge in [-0.25, -0.2) is 0 Å². The fourth-order valence-electron chi connectivity index (χ4n) is 4.19. The molecule has 1 amide bonds. The van der Waals surface area contributed by atoms with E-state index in [4.69, 9.17) is 5.11 Å². The van der Waals surface area contributed by atoms with Crippen molar-refractivity contribution in [3.8, 4) is 5.75 Å². The monoisotopic (exact) mass is 422 g/mol. The number of carboxylic acids is 1. The Hall–Kier alpha value is -3.12. The molecule has 0 aromatic heterocycles. The van der Waals surface area contributed by atoms with Crippen molar-refractivity contribution in [2.24, 2.45) is 5.92 Å². The van der Waals surface area contributed by atoms with Crippen LogP contribution >= 0.6 is 0 Å². The Balaban J connectivity index is 1.75. The van der Waals surface area contributed by atoms with Crippen LogP contribution in [0.4, 0.5) is 0 Å². The second-order valence-electron chi connectivity index (χ2n) is 8.51. The number of likely N-dealkylation sites (tertiary alicyclic amines) is 1. The summed E-state index contributed by atoms with van der Waals surface area (Å²) in [7, 11) is 0. The number of aromatic hydroxyl groups is 1. The van der Waals surface area contributed by atoms with Crippen molar-refractivity contribution in [3.63, 3.8) is 0 Å². The van der Waals surface area contributed by atoms with Gasteiger partial charge >= 0.3 is 5.97 Å². The van der Waals surface area contributed by atoms with Crippen LogP contribution in [-0.4, -0.2) is 53.2 Å². The normalized spacial score (nSPS) is 22.1. The fourth-order valence-corrected chi connectivity index (χ4v) is 4.19. The third-order valence-electron chi connectivity index (χ3n) is 6.30. The minimum Gasteiger partial charge on any atom is -0.508 e. The van der Waals surface area contributed by atoms with E-state index in [2.05, 4.69) is 30.1 Å². The molecule has 164 valence electrons. The SMILES string of the molecule is C[C@H]1CN(CC(=Cc2ccccc2)C(=O)NCC(=O)O)CC[C@@]1(C)c1cccc(O)c1. The molecule has 2 atom stereocenters. The van der Waals surface area contributed by atoms with E-state index in [1.54, 1.807) is 6.07 Å². The Morgan fingerprint density at radius 3 is 2.58 bits per heavy atom. The summed E-state index contributed by atoms with van der Waals surface area (Å²) in [4.78, 5) is 25.8. The molecular formula is C25H30N2O4. The number of nitrogens with one attached hydrogen (secondary N) is 1. The van der Waals surface area contributed by atoms with Crippen LogP contribution in [0.5, 0.6) is 5.75 Å². The lowest BCUT2D eigenvalue weighted by atomic mass is 9.68. The first-order valence-electron chi connectivity index (χ1n) is 10.6. The first-order chi connectivity index (χ1) is 14.8. The number of carboxylic acid groups (broad SMARTS) is 1. The first kappa shape index (κ1) is 22.6. The van der Waals surface area contributed by atoms with Crippen molar-refractivity contribution in [2.45, 2.75) is 25.7 Å². The number of carbonyl (C=O) groups is 2. The van der Waals surface area contributed by atoms with Crippen molar-refractivity contribution in [3.05, 3.63) is 71.3 Å². The van der Waals surface area contributed by atoms with Gasteiger partial charge in [-0.05, 0) is 53.6 Å². The lowest BCUT2D eigenvalue weighted by Gasteiger charge is -2.45. The molecule has 2 aromatic rings. The van der Waals surface area contributed by atoms with Gasteiger partial charge in [0.2, 0.25) is 5.91 Å². The van der Waals surface area contributed by atoms with Gasteiger partial charge in [-0.2, -0.15) is 0 Å². The van der Waals surface area contributed by atoms with Gasteiger partial charge in [-0.3, -0.25) is 14.5 Å². The van der Waals surface area contributed by atoms with Crippen LogP contribution in [0.1, 0.15) is 31.4 Å². The molecule has 1 aliphatic rings. The third kappa shape index (κ3) is 5.73. The van der Waals surface area contributed by atoms with Crippen LogP contribution in [0.15, 0.2) is 60.2 Å². The van der Waals surface area contributed by atoms with Crippen LogP contribution in [-0.2, 0) is 15.0 Å². The predicted octanol–water partition coefficient (Wildman–Crippen LogP) is 3.28. The van der Waals surface area contributed by atoms with Crippen molar-refractivity contribution in [2.75, 3.05) is 26.2 Å². The van der Waals surface area contributed by atoms with E-state index in [9.17, 15) is 14.7 Å². The van der Waals surface area contributed by atoms with Gasteiger partial charge in [0.15, 0.2) is 0 Å². The number of amides is 1. The molecule has 0 unspecified atom stereocenters. The number of rotatable bonds is 7. The quantitative estimate of drug-likeness (QED) is 0.596. The van der Waals surface area contributed by atoms with Gasteiger partial charge in [-0.1, -0.05) is 56.3 Å². The molecule has 6 nitrogen and oxygen atoms in total. The zero-order valence-corrected chi connectivity index (χ0v) is 18.0. The molecule has 1 heterocycles. The zero-order valence-electron chi connectivity index (χ0n) is 18.0. The summed E-state index contributed by atoms with van der Waals surface area (Å²) < 4.78 is 0. The van der Waals surface area contributed by atoms with Crippen LogP contribution in [0.25, 0.3) is 6.08 Å². The molecule has 3 rings (SSSR count). The number of phenols is 1. The summed E-state index contributed by atoms with van der Waals surface area (Å²) in [5.74, 6) is -0.847. The Bertz CT molecular complexity index is 957. The largest absolute Gasteiger partial charge is 0.508 e. The topological polar surface area (TPSA) is 89.9 Å². The molecule has 1 aliphatic heterocycles. The summed E-state index contributed by atoms with van der Waals surface area (Å²) in [6.45, 7) is 6.06. The van der Waals surface area contributed by atoms with E-state index in [1.807, 2.05) is 48.5 Å². The number of phenolic OH excluding ortho intramolecular Hbond substituents is 1. The predicted molar refractivity (Wildman–Crippen MR) is 121 cm³/mol. The number of piperidine rings is 1. The highest BCUT2D eigenvalue weighted by Gasteiger charge is 2.38. The highest BCUT2D eigenvalue weighted by atomic mass is 16.4. The second kappa shape index (κ2) is 9.79. The van der Waals surface area contributed by atoms with Crippen molar-refractivity contribution in [1.29, 1.82) is 0 Å². The van der Waals surface area contributed by atoms with Gasteiger partial charge in [0.1, 0.15) is 12.3 Å². The highest BCUT2D eigenvalue weighted by molar-refractivity contribution is 5.99. The minimum atomic E-state index is -1.07. The number of hydrogen-bond donors (Lipinski definition) is 3. The average Bonchev–Trinajstić information content (AvgIpc) is 2.75. The molecule has 6 heteroatoms. The molecule has 31 heavy (non-hydrogen) atoms. The number of carbonyl (C=O) groups excluding carboxylic acids is 1. The van der Waals surface area contributed by atoms with Crippen molar-refractivity contribution >= 4 is 18.0 Å². The molecular weight excluding hydrogens is 392 g/mol. The van der Waals surface area contributed by atoms with Gasteiger partial charge in [0.05, 0.1) is 0 Å². The van der Waals surface area contributed by atoms with E-state index >= 15 is 0 Å². The smallest absolute Gasteiger partial charge is 0.322 e. The Labute approximate surface area is 183 Å². The summed E-state index contributed by atoms with van der Waals surface area (Å²) in [5.41, 5.74) is 2.50. The van der Waals surface area contributed by atoms with E-state index in [1.165, 1.54) is 0 Å². The maximum atomic E-state index is 12.7. The maximum absolute atomic E-state index is 12.7. The molecule has 0 aliphatic carbocycles. The molecule has 0 radical (unpaired) electrons. The minimum absolute atomic E-state index is 0.0654. The number of hydrogen-bond acceptors (Lipinski definition) is 4. The lowest BCUT2D eigenvalue weighted by Crippen LogP contribution is -2.48.